The van der Waals surface area contributed by atoms with E-state index in [1.165, 1.54) is 18.3 Å². The van der Waals surface area contributed by atoms with Crippen molar-refractivity contribution in [2.24, 2.45) is 5.92 Å². The highest BCUT2D eigenvalue weighted by Gasteiger charge is 2.29. The molecule has 0 bridgehead atoms. The van der Waals surface area contributed by atoms with Gasteiger partial charge in [-0.15, -0.1) is 0 Å². The molecule has 5 heterocycles. The second-order valence-electron chi connectivity index (χ2n) is 14.7. The Bertz CT molecular complexity index is 2130. The van der Waals surface area contributed by atoms with Crippen LogP contribution in [0.1, 0.15) is 80.3 Å². The number of amides is 2. The third-order valence-corrected chi connectivity index (χ3v) is 10.3. The van der Waals surface area contributed by atoms with Gasteiger partial charge < -0.3 is 34.7 Å². The topological polar surface area (TPSA) is 173 Å². The first-order valence-electron chi connectivity index (χ1n) is 18.3. The van der Waals surface area contributed by atoms with Crippen molar-refractivity contribution in [3.8, 4) is 22.3 Å². The van der Waals surface area contributed by atoms with Crippen LogP contribution in [-0.2, 0) is 20.8 Å². The summed E-state index contributed by atoms with van der Waals surface area (Å²) < 4.78 is 35.3. The van der Waals surface area contributed by atoms with E-state index in [2.05, 4.69) is 31.3 Å². The van der Waals surface area contributed by atoms with E-state index >= 15 is 4.39 Å². The van der Waals surface area contributed by atoms with Gasteiger partial charge in [0.25, 0.3) is 5.91 Å². The molecule has 2 saturated heterocycles. The third-order valence-electron chi connectivity index (χ3n) is 9.59. The smallest absolute Gasteiger partial charge is 0.410 e. The maximum Gasteiger partial charge on any atom is 0.410 e. The molecule has 6 rings (SSSR count). The van der Waals surface area contributed by atoms with Crippen LogP contribution in [0.25, 0.3) is 22.3 Å². The number of benzene rings is 1. The van der Waals surface area contributed by atoms with Gasteiger partial charge in [-0.1, -0.05) is 0 Å². The number of likely N-dealkylation sites (tertiary alicyclic amines) is 1. The Morgan fingerprint density at radius 1 is 1.04 bits per heavy atom. The van der Waals surface area contributed by atoms with Gasteiger partial charge in [0.15, 0.2) is 0 Å². The monoisotopic (exact) mass is 821 g/mol. The summed E-state index contributed by atoms with van der Waals surface area (Å²) in [5, 5.41) is 7.19. The average Bonchev–Trinajstić information content (AvgIpc) is 3.64. The summed E-state index contributed by atoms with van der Waals surface area (Å²) in [6.45, 7) is 9.91. The highest BCUT2D eigenvalue weighted by Crippen LogP contribution is 2.34. The molecular formula is C39H45BrFN7O7. The summed E-state index contributed by atoms with van der Waals surface area (Å²) in [7, 11) is 0. The van der Waals surface area contributed by atoms with Crippen molar-refractivity contribution >= 4 is 45.4 Å². The van der Waals surface area contributed by atoms with Crippen LogP contribution in [0.15, 0.2) is 58.3 Å². The molecule has 3 aromatic heterocycles. The molecule has 2 amide bonds. The Morgan fingerprint density at radius 3 is 2.44 bits per heavy atom. The number of anilines is 2. The fourth-order valence-corrected chi connectivity index (χ4v) is 7.34. The summed E-state index contributed by atoms with van der Waals surface area (Å²) in [5.41, 5.74) is 6.81. The van der Waals surface area contributed by atoms with Crippen LogP contribution >= 0.6 is 15.9 Å². The lowest BCUT2D eigenvalue weighted by molar-refractivity contribution is 0.0184. The molecule has 2 aliphatic rings. The van der Waals surface area contributed by atoms with Crippen LogP contribution in [0.4, 0.5) is 20.7 Å². The van der Waals surface area contributed by atoms with Gasteiger partial charge in [0.05, 0.1) is 23.3 Å². The molecule has 2 aliphatic heterocycles. The molecule has 0 unspecified atom stereocenters. The summed E-state index contributed by atoms with van der Waals surface area (Å²) in [6.07, 6.45) is 9.16. The van der Waals surface area contributed by atoms with E-state index in [4.69, 9.17) is 19.9 Å². The van der Waals surface area contributed by atoms with Crippen LogP contribution in [0.3, 0.4) is 0 Å². The number of hydrogen-bond acceptors (Lipinski definition) is 10. The zero-order valence-electron chi connectivity index (χ0n) is 31.3. The lowest BCUT2D eigenvalue weighted by Crippen LogP contribution is -2.42. The van der Waals surface area contributed by atoms with E-state index < -0.39 is 28.7 Å². The van der Waals surface area contributed by atoms with Gasteiger partial charge in [-0.3, -0.25) is 14.3 Å². The Kier molecular flexibility index (Phi) is 12.0. The highest BCUT2D eigenvalue weighted by atomic mass is 79.9. The SMILES string of the molecule is CCOC(=O)c1c(Br)c(=O)c(C(=O)Nc2ccc(-c3cc(-c4cnn(C5CCN(C(=O)OC(C)(C)C)CC5)c4)cnc3N)c(F)c2)cn1CC1CCOCC1. The van der Waals surface area contributed by atoms with E-state index in [1.807, 2.05) is 31.6 Å². The molecule has 16 heteroatoms. The Morgan fingerprint density at radius 2 is 1.76 bits per heavy atom. The predicted molar refractivity (Wildman–Crippen MR) is 207 cm³/mol. The number of nitrogens with one attached hydrogen (secondary N) is 1. The molecule has 14 nitrogen and oxygen atoms in total. The van der Waals surface area contributed by atoms with E-state index in [0.717, 1.165) is 24.5 Å². The first kappa shape index (κ1) is 39.6. The van der Waals surface area contributed by atoms with E-state index in [0.29, 0.717) is 56.8 Å². The number of nitrogens with zero attached hydrogens (tertiary/aromatic N) is 5. The molecule has 0 saturated carbocycles. The second-order valence-corrected chi connectivity index (χ2v) is 15.5. The lowest BCUT2D eigenvalue weighted by atomic mass is 10.00. The van der Waals surface area contributed by atoms with Gasteiger partial charge >= 0.3 is 12.1 Å². The number of nitrogen functional groups attached to an aromatic ring is 1. The van der Waals surface area contributed by atoms with Crippen molar-refractivity contribution < 1.29 is 33.0 Å². The van der Waals surface area contributed by atoms with E-state index in [1.54, 1.807) is 34.9 Å². The lowest BCUT2D eigenvalue weighted by Gasteiger charge is -2.33. The number of piperidine rings is 1. The van der Waals surface area contributed by atoms with Crippen molar-refractivity contribution in [1.29, 1.82) is 0 Å². The van der Waals surface area contributed by atoms with Crippen LogP contribution in [0.5, 0.6) is 0 Å². The maximum atomic E-state index is 15.8. The van der Waals surface area contributed by atoms with E-state index in [9.17, 15) is 19.2 Å². The Labute approximate surface area is 326 Å². The van der Waals surface area contributed by atoms with Crippen molar-refractivity contribution in [2.75, 3.05) is 44.0 Å². The molecule has 3 N–H and O–H groups in total. The van der Waals surface area contributed by atoms with Crippen molar-refractivity contribution in [3.05, 3.63) is 80.8 Å². The van der Waals surface area contributed by atoms with Gasteiger partial charge in [0, 0.05) is 79.4 Å². The number of aromatic nitrogens is 4. The minimum absolute atomic E-state index is 0.0201. The van der Waals surface area contributed by atoms with Gasteiger partial charge in [0.1, 0.15) is 28.5 Å². The van der Waals surface area contributed by atoms with Gasteiger partial charge in [-0.25, -0.2) is 19.0 Å². The minimum atomic E-state index is -0.773. The summed E-state index contributed by atoms with van der Waals surface area (Å²) in [6, 6.07) is 5.94. The fourth-order valence-electron chi connectivity index (χ4n) is 6.73. The minimum Gasteiger partial charge on any atom is -0.461 e. The number of carbonyl (C=O) groups excluding carboxylic acids is 3. The first-order chi connectivity index (χ1) is 26.2. The zero-order chi connectivity index (χ0) is 39.4. The molecule has 55 heavy (non-hydrogen) atoms. The standard InChI is InChI=1S/C39H45BrFN7O7/c1-5-54-37(51)33-32(40)34(49)30(22-47(33)20-23-10-14-53-15-11-23)36(50)45-26-6-7-28(31(41)17-26)29-16-24(18-43-35(29)42)25-19-44-48(21-25)27-8-12-46(13-9-27)38(52)55-39(2,3)4/h6-7,16-19,21-23,27H,5,8-15,20H2,1-4H3,(H2,42,43)(H,45,50). The number of rotatable bonds is 9. The molecule has 1 aromatic carbocycles. The molecular weight excluding hydrogens is 777 g/mol. The molecule has 4 aromatic rings. The number of carbonyl (C=O) groups is 3. The summed E-state index contributed by atoms with van der Waals surface area (Å²) in [4.78, 5) is 58.3. The van der Waals surface area contributed by atoms with Crippen molar-refractivity contribution in [2.45, 2.75) is 71.6 Å². The largest absolute Gasteiger partial charge is 0.461 e. The number of esters is 1. The summed E-state index contributed by atoms with van der Waals surface area (Å²) in [5.74, 6) is -1.87. The van der Waals surface area contributed by atoms with Crippen LogP contribution in [-0.4, -0.2) is 80.7 Å². The molecule has 292 valence electrons. The van der Waals surface area contributed by atoms with Gasteiger partial charge in [-0.05, 0) is 99.5 Å². The maximum absolute atomic E-state index is 15.8. The molecule has 0 atom stereocenters. The third kappa shape index (κ3) is 9.24. The van der Waals surface area contributed by atoms with Crippen LogP contribution < -0.4 is 16.5 Å². The fraction of sp³-hybridized carbons (Fsp3) is 0.436. The zero-order valence-corrected chi connectivity index (χ0v) is 32.9. The molecule has 0 spiro atoms. The number of halogens is 2. The number of pyridine rings is 2. The molecule has 0 radical (unpaired) electrons. The van der Waals surface area contributed by atoms with E-state index in [-0.39, 0.29) is 57.5 Å². The number of ether oxygens (including phenoxy) is 3. The van der Waals surface area contributed by atoms with Crippen LogP contribution in [0.2, 0.25) is 0 Å². The van der Waals surface area contributed by atoms with Crippen LogP contribution in [0, 0.1) is 11.7 Å². The van der Waals surface area contributed by atoms with Crippen molar-refractivity contribution in [3.63, 3.8) is 0 Å². The Hall–Kier alpha value is -5.09. The number of nitrogens with two attached hydrogens (primary N) is 1. The normalized spacial score (nSPS) is 15.5. The Balaban J connectivity index is 1.18. The average molecular weight is 823 g/mol. The number of hydrogen-bond donors (Lipinski definition) is 2. The second kappa shape index (κ2) is 16.7. The predicted octanol–water partition coefficient (Wildman–Crippen LogP) is 6.69. The van der Waals surface area contributed by atoms with Gasteiger partial charge in [0.2, 0.25) is 5.43 Å². The van der Waals surface area contributed by atoms with Gasteiger partial charge in [-0.2, -0.15) is 5.10 Å². The van der Waals surface area contributed by atoms with Crippen molar-refractivity contribution in [1.82, 2.24) is 24.2 Å². The molecule has 0 aliphatic carbocycles. The molecule has 2 fully saturated rings. The highest BCUT2D eigenvalue weighted by molar-refractivity contribution is 9.10. The summed E-state index contributed by atoms with van der Waals surface area (Å²) >= 11 is 3.24. The quantitative estimate of drug-likeness (QED) is 0.173. The first-order valence-corrected chi connectivity index (χ1v) is 19.1.